The second kappa shape index (κ2) is 6.36. The molecule has 0 aliphatic carbocycles. The van der Waals surface area contributed by atoms with E-state index >= 15 is 0 Å². The molecule has 0 saturated carbocycles. The van der Waals surface area contributed by atoms with Crippen LogP contribution in [0.4, 0.5) is 4.79 Å². The van der Waals surface area contributed by atoms with E-state index in [-0.39, 0.29) is 6.03 Å². The maximum Gasteiger partial charge on any atom is 0.320 e. The Morgan fingerprint density at radius 1 is 1.57 bits per heavy atom. The van der Waals surface area contributed by atoms with Gasteiger partial charge in [0.1, 0.15) is 0 Å². The Bertz CT molecular complexity index is 548. The summed E-state index contributed by atoms with van der Waals surface area (Å²) in [5, 5.41) is 11.4. The number of amides is 2. The third kappa shape index (κ3) is 3.40. The molecule has 1 N–H and O–H groups in total. The third-order valence-electron chi connectivity index (χ3n) is 4.12. The maximum atomic E-state index is 12.4. The van der Waals surface area contributed by atoms with E-state index in [1.165, 1.54) is 0 Å². The Morgan fingerprint density at radius 2 is 2.29 bits per heavy atom. The van der Waals surface area contributed by atoms with Crippen LogP contribution in [-0.4, -0.2) is 47.0 Å². The van der Waals surface area contributed by atoms with Gasteiger partial charge in [0.2, 0.25) is 0 Å². The molecular formula is C14H19BrN2O3S. The van der Waals surface area contributed by atoms with Gasteiger partial charge in [-0.2, -0.15) is 0 Å². The largest absolute Gasteiger partial charge is 0.481 e. The summed E-state index contributed by atoms with van der Waals surface area (Å²) in [6, 6.07) is 1.89. The number of hydrogen-bond acceptors (Lipinski definition) is 3. The molecule has 1 aliphatic heterocycles. The van der Waals surface area contributed by atoms with Gasteiger partial charge in [0.05, 0.1) is 9.20 Å². The van der Waals surface area contributed by atoms with E-state index in [1.807, 2.05) is 18.4 Å². The van der Waals surface area contributed by atoms with Gasteiger partial charge in [0, 0.05) is 26.7 Å². The van der Waals surface area contributed by atoms with Crippen LogP contribution in [0.3, 0.4) is 0 Å². The van der Waals surface area contributed by atoms with E-state index in [4.69, 9.17) is 0 Å². The zero-order valence-electron chi connectivity index (χ0n) is 12.1. The number of carboxylic acid groups (broad SMARTS) is 1. The molecule has 1 aromatic heterocycles. The Kier molecular flexibility index (Phi) is 4.93. The van der Waals surface area contributed by atoms with Gasteiger partial charge in [-0.05, 0) is 45.8 Å². The molecule has 116 valence electrons. The summed E-state index contributed by atoms with van der Waals surface area (Å²) in [7, 11) is 1.75. The minimum absolute atomic E-state index is 0.103. The Morgan fingerprint density at radius 3 is 2.76 bits per heavy atom. The molecule has 2 amide bonds. The summed E-state index contributed by atoms with van der Waals surface area (Å²) in [4.78, 5) is 27.2. The molecular weight excluding hydrogens is 356 g/mol. The smallest absolute Gasteiger partial charge is 0.320 e. The summed E-state index contributed by atoms with van der Waals surface area (Å²) >= 11 is 4.99. The number of nitrogens with zero attached hydrogens (tertiary/aromatic N) is 2. The number of aliphatic carboxylic acids is 1. The highest BCUT2D eigenvalue weighted by atomic mass is 79.9. The number of likely N-dealkylation sites (tertiary alicyclic amines) is 1. The first kappa shape index (κ1) is 16.3. The third-order valence-corrected chi connectivity index (χ3v) is 5.68. The van der Waals surface area contributed by atoms with Crippen molar-refractivity contribution in [1.82, 2.24) is 9.80 Å². The monoisotopic (exact) mass is 374 g/mol. The van der Waals surface area contributed by atoms with E-state index in [0.717, 1.165) is 9.35 Å². The first-order chi connectivity index (χ1) is 9.88. The first-order valence-corrected chi connectivity index (χ1v) is 8.51. The highest BCUT2D eigenvalue weighted by Gasteiger charge is 2.45. The molecule has 0 spiro atoms. The fraction of sp³-hybridized carbons (Fsp3) is 0.571. The van der Waals surface area contributed by atoms with Crippen molar-refractivity contribution >= 4 is 39.3 Å². The van der Waals surface area contributed by atoms with E-state index in [9.17, 15) is 14.7 Å². The van der Waals surface area contributed by atoms with Gasteiger partial charge >= 0.3 is 12.0 Å². The molecule has 2 heterocycles. The Balaban J connectivity index is 1.99. The van der Waals surface area contributed by atoms with Crippen molar-refractivity contribution in [2.24, 2.45) is 5.41 Å². The highest BCUT2D eigenvalue weighted by molar-refractivity contribution is 9.11. The summed E-state index contributed by atoms with van der Waals surface area (Å²) in [6.07, 6.45) is 1.08. The summed E-state index contributed by atoms with van der Waals surface area (Å²) in [5.74, 6) is -0.801. The van der Waals surface area contributed by atoms with Gasteiger partial charge in [-0.15, -0.1) is 11.3 Å². The second-order valence-electron chi connectivity index (χ2n) is 5.51. The van der Waals surface area contributed by atoms with E-state index in [0.29, 0.717) is 32.5 Å². The number of halogens is 1. The number of hydrogen-bond donors (Lipinski definition) is 1. The Hall–Kier alpha value is -1.08. The molecule has 2 rings (SSSR count). The van der Waals surface area contributed by atoms with Crippen LogP contribution in [0.25, 0.3) is 0 Å². The van der Waals surface area contributed by atoms with Gasteiger partial charge in [-0.3, -0.25) is 4.79 Å². The van der Waals surface area contributed by atoms with Gasteiger partial charge in [-0.25, -0.2) is 4.79 Å². The van der Waals surface area contributed by atoms with Crippen LogP contribution >= 0.6 is 27.3 Å². The van der Waals surface area contributed by atoms with Crippen LogP contribution in [0.5, 0.6) is 0 Å². The molecule has 1 atom stereocenters. The standard InChI is InChI=1S/C14H19BrN2O3S/c1-3-14(12(18)19)4-5-17(9-14)13(20)16(2)7-10-6-11(15)21-8-10/h6,8H,3-5,7,9H2,1-2H3,(H,18,19). The SMILES string of the molecule is CCC1(C(=O)O)CCN(C(=O)N(C)Cc2csc(Br)c2)C1. The molecule has 0 aromatic carbocycles. The van der Waals surface area contributed by atoms with E-state index in [2.05, 4.69) is 15.9 Å². The second-order valence-corrected chi connectivity index (χ2v) is 7.80. The van der Waals surface area contributed by atoms with Crippen molar-refractivity contribution in [3.8, 4) is 0 Å². The fourth-order valence-electron chi connectivity index (χ4n) is 2.66. The minimum Gasteiger partial charge on any atom is -0.481 e. The lowest BCUT2D eigenvalue weighted by atomic mass is 9.84. The number of carboxylic acids is 1. The number of carbonyl (C=O) groups is 2. The van der Waals surface area contributed by atoms with E-state index < -0.39 is 11.4 Å². The van der Waals surface area contributed by atoms with E-state index in [1.54, 1.807) is 28.2 Å². The van der Waals surface area contributed by atoms with Crippen molar-refractivity contribution in [2.75, 3.05) is 20.1 Å². The normalized spacial score (nSPS) is 21.6. The molecule has 7 heteroatoms. The minimum atomic E-state index is -0.801. The summed E-state index contributed by atoms with van der Waals surface area (Å²) in [6.45, 7) is 3.21. The van der Waals surface area contributed by atoms with Crippen LogP contribution in [0.2, 0.25) is 0 Å². The number of urea groups is 1. The summed E-state index contributed by atoms with van der Waals surface area (Å²) < 4.78 is 1.04. The van der Waals surface area contributed by atoms with Crippen LogP contribution < -0.4 is 0 Å². The van der Waals surface area contributed by atoms with Crippen LogP contribution in [0.15, 0.2) is 15.2 Å². The molecule has 1 fully saturated rings. The fourth-order valence-corrected chi connectivity index (χ4v) is 3.86. The van der Waals surface area contributed by atoms with Crippen molar-refractivity contribution in [3.63, 3.8) is 0 Å². The predicted molar refractivity (Wildman–Crippen MR) is 85.4 cm³/mol. The number of rotatable bonds is 4. The zero-order chi connectivity index (χ0) is 15.6. The van der Waals surface area contributed by atoms with Gasteiger partial charge in [0.15, 0.2) is 0 Å². The average Bonchev–Trinajstić information content (AvgIpc) is 3.05. The number of carbonyl (C=O) groups excluding carboxylic acids is 1. The quantitative estimate of drug-likeness (QED) is 0.879. The molecule has 1 saturated heterocycles. The molecule has 0 bridgehead atoms. The number of thiophene rings is 1. The van der Waals surface area contributed by atoms with Crippen molar-refractivity contribution in [2.45, 2.75) is 26.3 Å². The van der Waals surface area contributed by atoms with Crippen LogP contribution in [-0.2, 0) is 11.3 Å². The van der Waals surface area contributed by atoms with Crippen molar-refractivity contribution in [3.05, 3.63) is 20.8 Å². The molecule has 21 heavy (non-hydrogen) atoms. The maximum absolute atomic E-state index is 12.4. The van der Waals surface area contributed by atoms with Gasteiger partial charge in [0.25, 0.3) is 0 Å². The topological polar surface area (TPSA) is 60.9 Å². The van der Waals surface area contributed by atoms with Crippen molar-refractivity contribution < 1.29 is 14.7 Å². The first-order valence-electron chi connectivity index (χ1n) is 6.84. The molecule has 5 nitrogen and oxygen atoms in total. The van der Waals surface area contributed by atoms with Crippen LogP contribution in [0.1, 0.15) is 25.3 Å². The average molecular weight is 375 g/mol. The predicted octanol–water partition coefficient (Wildman–Crippen LogP) is 3.25. The van der Waals surface area contributed by atoms with Gasteiger partial charge < -0.3 is 14.9 Å². The Labute approximate surface area is 136 Å². The lowest BCUT2D eigenvalue weighted by Crippen LogP contribution is -2.42. The van der Waals surface area contributed by atoms with Crippen molar-refractivity contribution in [1.29, 1.82) is 0 Å². The lowest BCUT2D eigenvalue weighted by Gasteiger charge is -2.26. The summed E-state index contributed by atoms with van der Waals surface area (Å²) in [5.41, 5.74) is 0.295. The molecule has 1 aromatic rings. The molecule has 1 aliphatic rings. The molecule has 1 unspecified atom stereocenters. The zero-order valence-corrected chi connectivity index (χ0v) is 14.5. The van der Waals surface area contributed by atoms with Crippen LogP contribution in [0, 0.1) is 5.41 Å². The lowest BCUT2D eigenvalue weighted by molar-refractivity contribution is -0.148. The molecule has 0 radical (unpaired) electrons. The highest BCUT2D eigenvalue weighted by Crippen LogP contribution is 2.34. The van der Waals surface area contributed by atoms with Gasteiger partial charge in [-0.1, -0.05) is 6.92 Å².